The molecule has 29 heavy (non-hydrogen) atoms. The average Bonchev–Trinajstić information content (AvgIpc) is 3.26. The quantitative estimate of drug-likeness (QED) is 0.335. The zero-order valence-electron chi connectivity index (χ0n) is 19.3. The fraction of sp³-hybridized carbons (Fsp3) is 0.630. The Morgan fingerprint density at radius 2 is 1.79 bits per heavy atom. The molecule has 4 rings (SSSR count). The molecule has 2 spiro atoms. The van der Waals surface area contributed by atoms with Gasteiger partial charge in [-0.2, -0.15) is 0 Å². The molecule has 2 atom stereocenters. The van der Waals surface area contributed by atoms with Gasteiger partial charge in [0.05, 0.1) is 13.7 Å². The zero-order valence-corrected chi connectivity index (χ0v) is 20.3. The Labute approximate surface area is 179 Å². The highest BCUT2D eigenvalue weighted by molar-refractivity contribution is 6.87. The molecule has 1 aromatic carbocycles. The van der Waals surface area contributed by atoms with Crippen molar-refractivity contribution in [1.29, 1.82) is 0 Å². The molecule has 0 aromatic heterocycles. The maximum Gasteiger partial charge on any atom is 0.0737 e. The van der Waals surface area contributed by atoms with Crippen molar-refractivity contribution in [1.82, 2.24) is 0 Å². The molecule has 2 heteroatoms. The molecule has 2 unspecified atom stereocenters. The van der Waals surface area contributed by atoms with Gasteiger partial charge in [0.25, 0.3) is 0 Å². The highest BCUT2D eigenvalue weighted by atomic mass is 28.3. The normalized spacial score (nSPS) is 29.3. The van der Waals surface area contributed by atoms with Gasteiger partial charge in [-0.15, -0.1) is 0 Å². The number of ether oxygens (including phenoxy) is 1. The van der Waals surface area contributed by atoms with Crippen LogP contribution in [0.2, 0.25) is 18.1 Å². The second kappa shape index (κ2) is 7.53. The number of fused-ring (bicyclic) bond motifs is 2. The summed E-state index contributed by atoms with van der Waals surface area (Å²) in [6.45, 7) is 12.7. The first-order valence-corrected chi connectivity index (χ1v) is 14.8. The van der Waals surface area contributed by atoms with Crippen molar-refractivity contribution in [3.05, 3.63) is 59.2 Å². The van der Waals surface area contributed by atoms with Crippen molar-refractivity contribution in [3.8, 4) is 0 Å². The minimum Gasteiger partial charge on any atom is -0.376 e. The fourth-order valence-corrected chi connectivity index (χ4v) is 11.1. The van der Waals surface area contributed by atoms with Crippen LogP contribution in [-0.4, -0.2) is 20.3 Å². The van der Waals surface area contributed by atoms with E-state index in [-0.39, 0.29) is 5.60 Å². The van der Waals surface area contributed by atoms with E-state index >= 15 is 0 Å². The lowest BCUT2D eigenvalue weighted by Crippen LogP contribution is -2.68. The van der Waals surface area contributed by atoms with E-state index in [0.29, 0.717) is 10.1 Å². The van der Waals surface area contributed by atoms with Crippen molar-refractivity contribution < 1.29 is 4.74 Å². The van der Waals surface area contributed by atoms with Crippen LogP contribution < -0.4 is 0 Å². The lowest BCUT2D eigenvalue weighted by Gasteiger charge is -2.65. The fourth-order valence-electron chi connectivity index (χ4n) is 6.30. The van der Waals surface area contributed by atoms with Crippen molar-refractivity contribution >= 4 is 8.07 Å². The molecule has 0 amide bonds. The smallest absolute Gasteiger partial charge is 0.0737 e. The third-order valence-corrected chi connectivity index (χ3v) is 14.1. The highest BCUT2D eigenvalue weighted by Gasteiger charge is 2.70. The van der Waals surface area contributed by atoms with Crippen LogP contribution in [-0.2, 0) is 16.2 Å². The van der Waals surface area contributed by atoms with E-state index in [2.05, 4.69) is 76.4 Å². The molecule has 2 aliphatic carbocycles. The van der Waals surface area contributed by atoms with Gasteiger partial charge in [-0.25, -0.2) is 0 Å². The first-order valence-electron chi connectivity index (χ1n) is 11.8. The predicted molar refractivity (Wildman–Crippen MR) is 127 cm³/mol. The zero-order chi connectivity index (χ0) is 20.8. The third-order valence-electron chi connectivity index (χ3n) is 8.24. The molecule has 1 nitrogen and oxygen atoms in total. The minimum absolute atomic E-state index is 0.00440. The topological polar surface area (TPSA) is 9.23 Å². The summed E-state index contributed by atoms with van der Waals surface area (Å²) in [5.74, 6) is 0. The Kier molecular flexibility index (Phi) is 5.49. The number of hydrogen-bond acceptors (Lipinski definition) is 1. The van der Waals surface area contributed by atoms with Gasteiger partial charge in [0.1, 0.15) is 0 Å². The molecule has 1 heterocycles. The van der Waals surface area contributed by atoms with Crippen molar-refractivity contribution in [2.24, 2.45) is 0 Å². The van der Waals surface area contributed by atoms with Gasteiger partial charge < -0.3 is 4.74 Å². The molecular weight excluding hydrogens is 368 g/mol. The van der Waals surface area contributed by atoms with Gasteiger partial charge in [-0.3, -0.25) is 0 Å². The summed E-state index contributed by atoms with van der Waals surface area (Å²) in [7, 11) is -1.44. The standard InChI is InChI=1S/C27H40OSi/c1-25(2,3)28-19-11-7-6-8-12-22-15-17-26(20-22)21-27(29(26,4)5)18-16-23-13-9-10-14-24(23)27/h9-10,13-15,17,20H,6-8,11-12,16,18-19,21H2,1-5H3. The summed E-state index contributed by atoms with van der Waals surface area (Å²) in [6.07, 6.45) is 18.2. The van der Waals surface area contributed by atoms with Crippen LogP contribution in [0.4, 0.5) is 0 Å². The Hall–Kier alpha value is -1.12. The lowest BCUT2D eigenvalue weighted by molar-refractivity contribution is -0.00473. The van der Waals surface area contributed by atoms with Crippen LogP contribution in [0, 0.1) is 0 Å². The summed E-state index contributed by atoms with van der Waals surface area (Å²) in [5, 5.41) is 0.938. The van der Waals surface area contributed by atoms with E-state index in [4.69, 9.17) is 4.74 Å². The summed E-state index contributed by atoms with van der Waals surface area (Å²) < 4.78 is 5.83. The molecule has 0 N–H and O–H groups in total. The lowest BCUT2D eigenvalue weighted by atomic mass is 9.85. The van der Waals surface area contributed by atoms with E-state index < -0.39 is 8.07 Å². The van der Waals surface area contributed by atoms with Gasteiger partial charge in [0.2, 0.25) is 0 Å². The summed E-state index contributed by atoms with van der Waals surface area (Å²) in [5.41, 5.74) is 4.95. The Morgan fingerprint density at radius 1 is 1.03 bits per heavy atom. The second-order valence-electron chi connectivity index (χ2n) is 11.3. The van der Waals surface area contributed by atoms with Crippen LogP contribution in [0.1, 0.15) is 76.8 Å². The third kappa shape index (κ3) is 3.61. The number of aryl methyl sites for hydroxylation is 1. The monoisotopic (exact) mass is 408 g/mol. The Balaban J connectivity index is 1.30. The second-order valence-corrected chi connectivity index (χ2v) is 16.4. The van der Waals surface area contributed by atoms with Crippen molar-refractivity contribution in [2.45, 2.75) is 101 Å². The summed E-state index contributed by atoms with van der Waals surface area (Å²) in [6, 6.07) is 9.30. The maximum atomic E-state index is 5.83. The molecule has 1 saturated heterocycles. The van der Waals surface area contributed by atoms with E-state index in [1.54, 1.807) is 16.7 Å². The van der Waals surface area contributed by atoms with E-state index in [0.717, 1.165) is 6.61 Å². The van der Waals surface area contributed by atoms with Crippen LogP contribution in [0.25, 0.3) is 0 Å². The highest BCUT2D eigenvalue weighted by Crippen LogP contribution is 2.72. The number of rotatable bonds is 7. The van der Waals surface area contributed by atoms with Gasteiger partial charge in [0, 0.05) is 11.6 Å². The predicted octanol–water partition coefficient (Wildman–Crippen LogP) is 7.52. The molecule has 1 aromatic rings. The first kappa shape index (κ1) is 21.1. The molecular formula is C27H40OSi. The van der Waals surface area contributed by atoms with Gasteiger partial charge in [-0.05, 0) is 75.5 Å². The molecule has 1 fully saturated rings. The van der Waals surface area contributed by atoms with Crippen LogP contribution in [0.15, 0.2) is 48.1 Å². The molecule has 0 saturated carbocycles. The number of benzene rings is 1. The number of hydrogen-bond donors (Lipinski definition) is 0. The molecule has 0 radical (unpaired) electrons. The maximum absolute atomic E-state index is 5.83. The van der Waals surface area contributed by atoms with Crippen LogP contribution in [0.5, 0.6) is 0 Å². The van der Waals surface area contributed by atoms with Gasteiger partial charge in [-0.1, -0.05) is 74.0 Å². The SMILES string of the molecule is CC(C)(C)OCCCCCCC1=CC2(C=C1)CC1(CCc3ccccc31)[Si]2(C)C. The summed E-state index contributed by atoms with van der Waals surface area (Å²) >= 11 is 0. The first-order chi connectivity index (χ1) is 13.7. The summed E-state index contributed by atoms with van der Waals surface area (Å²) in [4.78, 5) is 0. The number of allylic oxidation sites excluding steroid dienone is 4. The van der Waals surface area contributed by atoms with Gasteiger partial charge in [0.15, 0.2) is 0 Å². The molecule has 1 aliphatic heterocycles. The van der Waals surface area contributed by atoms with Crippen molar-refractivity contribution in [3.63, 3.8) is 0 Å². The van der Waals surface area contributed by atoms with E-state index in [9.17, 15) is 0 Å². The van der Waals surface area contributed by atoms with Crippen molar-refractivity contribution in [2.75, 3.05) is 6.61 Å². The minimum atomic E-state index is -1.44. The Morgan fingerprint density at radius 3 is 2.55 bits per heavy atom. The molecule has 0 bridgehead atoms. The average molecular weight is 409 g/mol. The van der Waals surface area contributed by atoms with Crippen LogP contribution in [0.3, 0.4) is 0 Å². The van der Waals surface area contributed by atoms with E-state index in [1.807, 2.05) is 0 Å². The Bertz CT molecular complexity index is 812. The van der Waals surface area contributed by atoms with E-state index in [1.165, 1.54) is 51.4 Å². The van der Waals surface area contributed by atoms with Crippen LogP contribution >= 0.6 is 0 Å². The molecule has 158 valence electrons. The van der Waals surface area contributed by atoms with Gasteiger partial charge >= 0.3 is 0 Å². The largest absolute Gasteiger partial charge is 0.376 e. The number of unbranched alkanes of at least 4 members (excludes halogenated alkanes) is 3. The molecule has 3 aliphatic rings.